The summed E-state index contributed by atoms with van der Waals surface area (Å²) >= 11 is 0. The van der Waals surface area contributed by atoms with Crippen molar-refractivity contribution in [2.24, 2.45) is 0 Å². The van der Waals surface area contributed by atoms with Gasteiger partial charge in [-0.25, -0.2) is 8.42 Å². The Hall–Kier alpha value is -0.620. The third-order valence-electron chi connectivity index (χ3n) is 2.97. The average molecular weight is 262 g/mol. The fraction of sp³-hybridized carbons (Fsp3) is 0.909. The summed E-state index contributed by atoms with van der Waals surface area (Å²) in [5.41, 5.74) is 0. The lowest BCUT2D eigenvalue weighted by molar-refractivity contribution is -0.129. The molecule has 0 aliphatic carbocycles. The standard InChI is InChI=1S/C11H22N2O3S/c1-9-7-13(6-5-12-9)10(14)8-17(15,16)11(2,3)4/h9,12H,5-8H2,1-4H3/t9-/m1/s1. The third kappa shape index (κ3) is 3.67. The van der Waals surface area contributed by atoms with E-state index >= 15 is 0 Å². The maximum absolute atomic E-state index is 11.9. The van der Waals surface area contributed by atoms with Crippen molar-refractivity contribution in [1.29, 1.82) is 0 Å². The van der Waals surface area contributed by atoms with E-state index in [0.717, 1.165) is 6.54 Å². The second-order valence-electron chi connectivity index (χ2n) is 5.57. The quantitative estimate of drug-likeness (QED) is 0.762. The van der Waals surface area contributed by atoms with Gasteiger partial charge >= 0.3 is 0 Å². The summed E-state index contributed by atoms with van der Waals surface area (Å²) in [6.07, 6.45) is 0. The van der Waals surface area contributed by atoms with Crippen LogP contribution in [0.25, 0.3) is 0 Å². The minimum absolute atomic E-state index is 0.227. The fourth-order valence-corrected chi connectivity index (χ4v) is 2.57. The first kappa shape index (κ1) is 14.4. The highest BCUT2D eigenvalue weighted by Crippen LogP contribution is 2.16. The van der Waals surface area contributed by atoms with Crippen molar-refractivity contribution in [3.8, 4) is 0 Å². The number of carbonyl (C=O) groups is 1. The Morgan fingerprint density at radius 2 is 2.00 bits per heavy atom. The fourth-order valence-electron chi connectivity index (χ4n) is 1.63. The summed E-state index contributed by atoms with van der Waals surface area (Å²) in [6.45, 7) is 8.74. The van der Waals surface area contributed by atoms with Gasteiger partial charge in [0.2, 0.25) is 5.91 Å². The second-order valence-corrected chi connectivity index (χ2v) is 8.31. The van der Waals surface area contributed by atoms with E-state index in [0.29, 0.717) is 13.1 Å². The van der Waals surface area contributed by atoms with Gasteiger partial charge in [-0.3, -0.25) is 4.79 Å². The van der Waals surface area contributed by atoms with Crippen LogP contribution in [-0.2, 0) is 14.6 Å². The lowest BCUT2D eigenvalue weighted by atomic mass is 10.2. The first-order valence-corrected chi connectivity index (χ1v) is 7.52. The molecule has 6 heteroatoms. The van der Waals surface area contributed by atoms with Crippen LogP contribution in [0.3, 0.4) is 0 Å². The Morgan fingerprint density at radius 1 is 1.41 bits per heavy atom. The molecule has 100 valence electrons. The minimum Gasteiger partial charge on any atom is -0.339 e. The van der Waals surface area contributed by atoms with Crippen LogP contribution in [0, 0.1) is 0 Å². The van der Waals surface area contributed by atoms with Crippen molar-refractivity contribution in [3.05, 3.63) is 0 Å². The molecule has 1 heterocycles. The minimum atomic E-state index is -3.38. The van der Waals surface area contributed by atoms with Crippen LogP contribution in [0.1, 0.15) is 27.7 Å². The molecule has 1 fully saturated rings. The topological polar surface area (TPSA) is 66.5 Å². The average Bonchev–Trinajstić information content (AvgIpc) is 2.15. The van der Waals surface area contributed by atoms with Gasteiger partial charge in [0, 0.05) is 25.7 Å². The van der Waals surface area contributed by atoms with Crippen molar-refractivity contribution in [1.82, 2.24) is 10.2 Å². The molecule has 1 amide bonds. The van der Waals surface area contributed by atoms with Crippen LogP contribution in [-0.4, -0.2) is 55.4 Å². The number of piperazine rings is 1. The van der Waals surface area contributed by atoms with Crippen LogP contribution in [0.2, 0.25) is 0 Å². The van der Waals surface area contributed by atoms with Gasteiger partial charge in [0.25, 0.3) is 0 Å². The summed E-state index contributed by atoms with van der Waals surface area (Å²) in [5, 5.41) is 3.22. The van der Waals surface area contributed by atoms with Gasteiger partial charge in [0.1, 0.15) is 5.75 Å². The predicted molar refractivity (Wildman–Crippen MR) is 67.6 cm³/mol. The van der Waals surface area contributed by atoms with Crippen molar-refractivity contribution in [3.63, 3.8) is 0 Å². The first-order valence-electron chi connectivity index (χ1n) is 5.87. The third-order valence-corrected chi connectivity index (χ3v) is 5.46. The number of sulfone groups is 1. The van der Waals surface area contributed by atoms with Crippen LogP contribution >= 0.6 is 0 Å². The molecule has 0 unspecified atom stereocenters. The molecule has 1 saturated heterocycles. The van der Waals surface area contributed by atoms with E-state index in [-0.39, 0.29) is 17.7 Å². The van der Waals surface area contributed by atoms with Gasteiger partial charge in [0.15, 0.2) is 9.84 Å². The van der Waals surface area contributed by atoms with Gasteiger partial charge in [-0.1, -0.05) is 0 Å². The molecule has 0 radical (unpaired) electrons. The van der Waals surface area contributed by atoms with E-state index in [2.05, 4.69) is 5.32 Å². The number of nitrogens with zero attached hydrogens (tertiary/aromatic N) is 1. The number of rotatable bonds is 2. The summed E-state index contributed by atoms with van der Waals surface area (Å²) < 4.78 is 23.0. The van der Waals surface area contributed by atoms with E-state index in [9.17, 15) is 13.2 Å². The van der Waals surface area contributed by atoms with E-state index in [4.69, 9.17) is 0 Å². The highest BCUT2D eigenvalue weighted by atomic mass is 32.2. The van der Waals surface area contributed by atoms with Crippen LogP contribution in [0.15, 0.2) is 0 Å². The molecule has 0 aromatic heterocycles. The summed E-state index contributed by atoms with van der Waals surface area (Å²) in [5.74, 6) is -0.670. The molecule has 0 bridgehead atoms. The number of carbonyl (C=O) groups excluding carboxylic acids is 1. The Bertz CT molecular complexity index is 384. The van der Waals surface area contributed by atoms with E-state index in [1.165, 1.54) is 0 Å². The number of hydrogen-bond donors (Lipinski definition) is 1. The molecule has 17 heavy (non-hydrogen) atoms. The first-order chi connectivity index (χ1) is 7.63. The number of nitrogens with one attached hydrogen (secondary N) is 1. The molecule has 0 spiro atoms. The van der Waals surface area contributed by atoms with Crippen molar-refractivity contribution in [2.75, 3.05) is 25.4 Å². The molecule has 5 nitrogen and oxygen atoms in total. The predicted octanol–water partition coefficient (Wildman–Crippen LogP) is 0.0200. The van der Waals surface area contributed by atoms with Crippen LogP contribution in [0.4, 0.5) is 0 Å². The summed E-state index contributed by atoms with van der Waals surface area (Å²) in [7, 11) is -3.38. The van der Waals surface area contributed by atoms with Crippen molar-refractivity contribution < 1.29 is 13.2 Å². The maximum Gasteiger partial charge on any atom is 0.237 e. The van der Waals surface area contributed by atoms with Gasteiger partial charge < -0.3 is 10.2 Å². The van der Waals surface area contributed by atoms with E-state index < -0.39 is 14.6 Å². The molecule has 1 N–H and O–H groups in total. The Morgan fingerprint density at radius 3 is 2.47 bits per heavy atom. The summed E-state index contributed by atoms with van der Waals surface area (Å²) in [6, 6.07) is 0.227. The Balaban J connectivity index is 2.67. The number of amides is 1. The molecular weight excluding hydrogens is 240 g/mol. The lowest BCUT2D eigenvalue weighted by Gasteiger charge is -2.32. The van der Waals surface area contributed by atoms with Gasteiger partial charge in [-0.05, 0) is 27.7 Å². The van der Waals surface area contributed by atoms with Crippen molar-refractivity contribution >= 4 is 15.7 Å². The largest absolute Gasteiger partial charge is 0.339 e. The maximum atomic E-state index is 11.9. The van der Waals surface area contributed by atoms with Gasteiger partial charge in [0.05, 0.1) is 4.75 Å². The van der Waals surface area contributed by atoms with Crippen LogP contribution < -0.4 is 5.32 Å². The summed E-state index contributed by atoms with van der Waals surface area (Å²) in [4.78, 5) is 13.6. The number of hydrogen-bond acceptors (Lipinski definition) is 4. The zero-order valence-corrected chi connectivity index (χ0v) is 11.8. The lowest BCUT2D eigenvalue weighted by Crippen LogP contribution is -2.53. The SMILES string of the molecule is C[C@@H]1CN(C(=O)CS(=O)(=O)C(C)(C)C)CCN1. The van der Waals surface area contributed by atoms with Crippen molar-refractivity contribution in [2.45, 2.75) is 38.5 Å². The zero-order chi connectivity index (χ0) is 13.3. The molecule has 1 aliphatic rings. The molecular formula is C11H22N2O3S. The van der Waals surface area contributed by atoms with Crippen LogP contribution in [0.5, 0.6) is 0 Å². The highest BCUT2D eigenvalue weighted by molar-refractivity contribution is 7.93. The van der Waals surface area contributed by atoms with Gasteiger partial charge in [-0.2, -0.15) is 0 Å². The van der Waals surface area contributed by atoms with E-state index in [1.807, 2.05) is 6.92 Å². The second kappa shape index (κ2) is 4.94. The molecule has 1 aliphatic heterocycles. The van der Waals surface area contributed by atoms with Gasteiger partial charge in [-0.15, -0.1) is 0 Å². The molecule has 0 saturated carbocycles. The smallest absolute Gasteiger partial charge is 0.237 e. The Kier molecular flexibility index (Phi) is 4.19. The monoisotopic (exact) mass is 262 g/mol. The normalized spacial score (nSPS) is 22.6. The highest BCUT2D eigenvalue weighted by Gasteiger charge is 2.33. The molecule has 1 rings (SSSR count). The Labute approximate surface area is 103 Å². The molecule has 0 aromatic rings. The van der Waals surface area contributed by atoms with E-state index in [1.54, 1.807) is 25.7 Å². The molecule has 1 atom stereocenters. The zero-order valence-electron chi connectivity index (χ0n) is 11.0. The molecule has 0 aromatic carbocycles.